The maximum Gasteiger partial charge on any atom is 0.335 e. The quantitative estimate of drug-likeness (QED) is 0.430. The predicted molar refractivity (Wildman–Crippen MR) is 149 cm³/mol. The minimum atomic E-state index is -0.876. The van der Waals surface area contributed by atoms with Crippen LogP contribution in [0.4, 0.5) is 5.69 Å². The van der Waals surface area contributed by atoms with E-state index in [0.29, 0.717) is 11.5 Å². The van der Waals surface area contributed by atoms with Crippen molar-refractivity contribution in [2.24, 2.45) is 0 Å². The number of fused-ring (bicyclic) bond motifs is 5. The summed E-state index contributed by atoms with van der Waals surface area (Å²) < 4.78 is 8.14. The molecule has 1 atom stereocenters. The van der Waals surface area contributed by atoms with Gasteiger partial charge >= 0.3 is 5.97 Å². The zero-order chi connectivity index (χ0) is 25.5. The minimum Gasteiger partial charge on any atom is -0.478 e. The molecule has 1 saturated carbocycles. The fourth-order valence-corrected chi connectivity index (χ4v) is 6.90. The summed E-state index contributed by atoms with van der Waals surface area (Å²) in [5.41, 5.74) is 6.46. The van der Waals surface area contributed by atoms with E-state index in [9.17, 15) is 9.90 Å². The van der Waals surface area contributed by atoms with Crippen LogP contribution in [-0.2, 0) is 11.3 Å². The molecule has 0 amide bonds. The molecule has 37 heavy (non-hydrogen) atoms. The molecule has 2 aromatic carbocycles. The van der Waals surface area contributed by atoms with Gasteiger partial charge in [0.2, 0.25) is 0 Å². The number of anilines is 1. The Morgan fingerprint density at radius 3 is 2.68 bits per heavy atom. The summed E-state index contributed by atoms with van der Waals surface area (Å²) in [5.74, 6) is -0.382. The number of hydrogen-bond acceptors (Lipinski definition) is 4. The lowest BCUT2D eigenvalue weighted by atomic mass is 9.81. The minimum absolute atomic E-state index is 0.272. The summed E-state index contributed by atoms with van der Waals surface area (Å²) in [6.45, 7) is 8.43. The number of nitrogens with zero attached hydrogens (tertiary/aromatic N) is 3. The first-order chi connectivity index (χ1) is 18.0. The van der Waals surface area contributed by atoms with Gasteiger partial charge in [0.1, 0.15) is 0 Å². The van der Waals surface area contributed by atoms with E-state index in [4.69, 9.17) is 16.3 Å². The molecule has 3 aromatic rings. The van der Waals surface area contributed by atoms with Crippen LogP contribution in [0, 0.1) is 0 Å². The van der Waals surface area contributed by atoms with Gasteiger partial charge in [-0.25, -0.2) is 4.79 Å². The summed E-state index contributed by atoms with van der Waals surface area (Å²) in [5, 5.41) is 11.7. The van der Waals surface area contributed by atoms with Gasteiger partial charge in [-0.15, -0.1) is 0 Å². The van der Waals surface area contributed by atoms with E-state index < -0.39 is 5.97 Å². The van der Waals surface area contributed by atoms with Crippen LogP contribution in [0.5, 0.6) is 0 Å². The lowest BCUT2D eigenvalue weighted by molar-refractivity contribution is -0.0171. The second-order valence-electron chi connectivity index (χ2n) is 10.9. The Kier molecular flexibility index (Phi) is 6.91. The van der Waals surface area contributed by atoms with Crippen LogP contribution in [0.25, 0.3) is 22.2 Å². The zero-order valence-corrected chi connectivity index (χ0v) is 22.3. The second-order valence-corrected chi connectivity index (χ2v) is 11.4. The molecule has 6 rings (SSSR count). The van der Waals surface area contributed by atoms with Gasteiger partial charge < -0.3 is 19.3 Å². The highest BCUT2D eigenvalue weighted by molar-refractivity contribution is 6.31. The van der Waals surface area contributed by atoms with Crippen molar-refractivity contribution in [2.45, 2.75) is 57.6 Å². The number of benzene rings is 2. The molecule has 196 valence electrons. The van der Waals surface area contributed by atoms with Gasteiger partial charge in [0.25, 0.3) is 0 Å². The number of carbonyl (C=O) groups is 1. The van der Waals surface area contributed by atoms with Crippen LogP contribution >= 0.6 is 11.6 Å². The van der Waals surface area contributed by atoms with Crippen LogP contribution in [0.3, 0.4) is 0 Å². The first-order valence-corrected chi connectivity index (χ1v) is 14.2. The number of morpholine rings is 1. The number of carboxylic acid groups (broad SMARTS) is 1. The number of hydrogen-bond donors (Lipinski definition) is 1. The third-order valence-corrected chi connectivity index (χ3v) is 8.76. The molecule has 1 aliphatic carbocycles. The number of ether oxygens (including phenoxy) is 1. The Morgan fingerprint density at radius 1 is 1.05 bits per heavy atom. The number of carboxylic acids is 1. The SMILES string of the molecule is CC1CN(CCN2CCn3c(c(C4CCCCC4)c4ccc(C(=O)O)cc43)-c3ccc(Cl)cc32)CCO1. The summed E-state index contributed by atoms with van der Waals surface area (Å²) in [7, 11) is 0. The summed E-state index contributed by atoms with van der Waals surface area (Å²) in [6, 6.07) is 12.0. The van der Waals surface area contributed by atoms with Crippen molar-refractivity contribution in [3.05, 3.63) is 52.5 Å². The van der Waals surface area contributed by atoms with E-state index in [1.165, 1.54) is 60.0 Å². The molecule has 2 aliphatic heterocycles. The first kappa shape index (κ1) is 24.8. The predicted octanol–water partition coefficient (Wildman–Crippen LogP) is 6.25. The molecule has 0 spiro atoms. The Labute approximate surface area is 223 Å². The average molecular weight is 522 g/mol. The van der Waals surface area contributed by atoms with Crippen LogP contribution in [-0.4, -0.2) is 66.0 Å². The number of halogens is 1. The average Bonchev–Trinajstić information content (AvgIpc) is 3.13. The first-order valence-electron chi connectivity index (χ1n) is 13.8. The van der Waals surface area contributed by atoms with Crippen molar-refractivity contribution < 1.29 is 14.6 Å². The smallest absolute Gasteiger partial charge is 0.335 e. The topological polar surface area (TPSA) is 57.9 Å². The van der Waals surface area contributed by atoms with E-state index in [1.54, 1.807) is 6.07 Å². The van der Waals surface area contributed by atoms with E-state index in [-0.39, 0.29) is 6.10 Å². The lowest BCUT2D eigenvalue weighted by Gasteiger charge is -2.33. The Morgan fingerprint density at radius 2 is 1.89 bits per heavy atom. The fourth-order valence-electron chi connectivity index (χ4n) is 6.73. The summed E-state index contributed by atoms with van der Waals surface area (Å²) >= 11 is 6.59. The normalized spacial score (nSPS) is 21.0. The van der Waals surface area contributed by atoms with Crippen molar-refractivity contribution in [1.29, 1.82) is 0 Å². The summed E-state index contributed by atoms with van der Waals surface area (Å²) in [4.78, 5) is 16.9. The van der Waals surface area contributed by atoms with Gasteiger partial charge in [-0.05, 0) is 61.6 Å². The molecule has 1 unspecified atom stereocenters. The van der Waals surface area contributed by atoms with Crippen molar-refractivity contribution in [3.63, 3.8) is 0 Å². The Balaban J connectivity index is 1.46. The van der Waals surface area contributed by atoms with Crippen LogP contribution in [0.2, 0.25) is 5.02 Å². The molecule has 7 heteroatoms. The molecule has 1 saturated heterocycles. The highest BCUT2D eigenvalue weighted by Gasteiger charge is 2.31. The Bertz CT molecular complexity index is 1310. The fraction of sp³-hybridized carbons (Fsp3) is 0.500. The van der Waals surface area contributed by atoms with Crippen molar-refractivity contribution >= 4 is 34.2 Å². The van der Waals surface area contributed by atoms with E-state index in [2.05, 4.69) is 39.5 Å². The van der Waals surface area contributed by atoms with Crippen molar-refractivity contribution in [2.75, 3.05) is 44.2 Å². The van der Waals surface area contributed by atoms with E-state index in [0.717, 1.165) is 56.4 Å². The standard InChI is InChI=1S/C30H36ClN3O3/c1-20-19-32(15-16-37-20)11-12-33-13-14-34-27-17-22(30(35)36)7-9-24(27)28(21-5-3-2-4-6-21)29(34)25-10-8-23(31)18-26(25)33/h7-10,17-18,20-21H,2-6,11-16,19H2,1H3,(H,35,36). The second kappa shape index (κ2) is 10.3. The monoisotopic (exact) mass is 521 g/mol. The highest BCUT2D eigenvalue weighted by Crippen LogP contribution is 2.47. The van der Waals surface area contributed by atoms with Gasteiger partial charge in [-0.2, -0.15) is 0 Å². The molecule has 3 heterocycles. The zero-order valence-electron chi connectivity index (χ0n) is 21.6. The molecule has 3 aliphatic rings. The van der Waals surface area contributed by atoms with Gasteiger partial charge in [0.05, 0.1) is 24.0 Å². The third kappa shape index (κ3) is 4.75. The van der Waals surface area contributed by atoms with Crippen LogP contribution in [0.1, 0.15) is 60.9 Å². The molecule has 0 bridgehead atoms. The van der Waals surface area contributed by atoms with Gasteiger partial charge in [-0.1, -0.05) is 36.9 Å². The van der Waals surface area contributed by atoms with E-state index in [1.807, 2.05) is 12.1 Å². The third-order valence-electron chi connectivity index (χ3n) is 8.52. The molecular weight excluding hydrogens is 486 g/mol. The summed E-state index contributed by atoms with van der Waals surface area (Å²) in [6.07, 6.45) is 6.45. The van der Waals surface area contributed by atoms with Gasteiger partial charge in [0, 0.05) is 66.4 Å². The Hall–Kier alpha value is -2.54. The number of rotatable bonds is 5. The lowest BCUT2D eigenvalue weighted by Crippen LogP contribution is -2.45. The van der Waals surface area contributed by atoms with E-state index >= 15 is 0 Å². The van der Waals surface area contributed by atoms with Gasteiger partial charge in [-0.3, -0.25) is 4.90 Å². The van der Waals surface area contributed by atoms with Crippen molar-refractivity contribution in [1.82, 2.24) is 9.47 Å². The number of aromatic carboxylic acids is 1. The molecule has 6 nitrogen and oxygen atoms in total. The maximum atomic E-state index is 11.9. The van der Waals surface area contributed by atoms with Crippen molar-refractivity contribution in [3.8, 4) is 11.3 Å². The molecule has 2 fully saturated rings. The molecule has 1 N–H and O–H groups in total. The van der Waals surface area contributed by atoms with Gasteiger partial charge in [0.15, 0.2) is 0 Å². The molecule has 1 aromatic heterocycles. The molecule has 0 radical (unpaired) electrons. The largest absolute Gasteiger partial charge is 0.478 e. The van der Waals surface area contributed by atoms with Crippen LogP contribution < -0.4 is 4.90 Å². The highest BCUT2D eigenvalue weighted by atomic mass is 35.5. The number of aromatic nitrogens is 1. The molecular formula is C30H36ClN3O3. The maximum absolute atomic E-state index is 11.9. The van der Waals surface area contributed by atoms with Crippen LogP contribution in [0.15, 0.2) is 36.4 Å².